The molecule has 0 aromatic heterocycles. The predicted molar refractivity (Wildman–Crippen MR) is 114 cm³/mol. The molecule has 2 nitrogen and oxygen atoms in total. The zero-order chi connectivity index (χ0) is 18.9. The molecule has 1 heterocycles. The zero-order valence-electron chi connectivity index (χ0n) is 17.2. The van der Waals surface area contributed by atoms with E-state index in [0.717, 1.165) is 25.3 Å². The summed E-state index contributed by atoms with van der Waals surface area (Å²) >= 11 is 0. The van der Waals surface area contributed by atoms with Crippen LogP contribution in [0.2, 0.25) is 0 Å². The van der Waals surface area contributed by atoms with Gasteiger partial charge in [0.15, 0.2) is 0 Å². The summed E-state index contributed by atoms with van der Waals surface area (Å²) in [6, 6.07) is 13.3. The summed E-state index contributed by atoms with van der Waals surface area (Å²) in [5.74, 6) is 1.05. The molecule has 1 fully saturated rings. The van der Waals surface area contributed by atoms with Crippen molar-refractivity contribution in [3.63, 3.8) is 0 Å². The predicted octanol–water partition coefficient (Wildman–Crippen LogP) is 5.79. The van der Waals surface area contributed by atoms with Gasteiger partial charge in [-0.2, -0.15) is 0 Å². The third kappa shape index (κ3) is 3.78. The van der Waals surface area contributed by atoms with E-state index in [-0.39, 0.29) is 0 Å². The molecule has 1 aliphatic carbocycles. The van der Waals surface area contributed by atoms with Crippen molar-refractivity contribution in [2.45, 2.75) is 64.8 Å². The lowest BCUT2D eigenvalue weighted by Crippen LogP contribution is -2.39. The van der Waals surface area contributed by atoms with Crippen molar-refractivity contribution in [3.05, 3.63) is 53.1 Å². The average Bonchev–Trinajstić information content (AvgIpc) is 3.26. The van der Waals surface area contributed by atoms with Crippen LogP contribution in [0.3, 0.4) is 0 Å². The maximum atomic E-state index is 6.22. The Morgan fingerprint density at radius 1 is 1.00 bits per heavy atom. The van der Waals surface area contributed by atoms with Gasteiger partial charge in [-0.1, -0.05) is 30.3 Å². The summed E-state index contributed by atoms with van der Waals surface area (Å²) in [7, 11) is 0. The lowest BCUT2D eigenvalue weighted by atomic mass is 9.93. The van der Waals surface area contributed by atoms with Crippen molar-refractivity contribution in [1.82, 2.24) is 4.90 Å². The van der Waals surface area contributed by atoms with Crippen LogP contribution in [-0.2, 0) is 12.8 Å². The first kappa shape index (κ1) is 18.6. The minimum absolute atomic E-state index is 0.365. The first-order valence-electron chi connectivity index (χ1n) is 10.6. The fourth-order valence-corrected chi connectivity index (χ4v) is 4.95. The highest BCUT2D eigenvalue weighted by Gasteiger charge is 2.30. The Balaban J connectivity index is 1.43. The third-order valence-corrected chi connectivity index (χ3v) is 6.62. The Morgan fingerprint density at radius 2 is 1.81 bits per heavy atom. The molecule has 27 heavy (non-hydrogen) atoms. The van der Waals surface area contributed by atoms with Crippen LogP contribution >= 0.6 is 0 Å². The first-order chi connectivity index (χ1) is 13.1. The van der Waals surface area contributed by atoms with Gasteiger partial charge in [-0.25, -0.2) is 0 Å². The summed E-state index contributed by atoms with van der Waals surface area (Å²) in [6.45, 7) is 10.1. The van der Waals surface area contributed by atoms with Gasteiger partial charge in [0.2, 0.25) is 0 Å². The maximum Gasteiger partial charge on any atom is 0.122 e. The molecule has 1 aliphatic heterocycles. The fourth-order valence-electron chi connectivity index (χ4n) is 4.95. The summed E-state index contributed by atoms with van der Waals surface area (Å²) in [6.07, 6.45) is 7.46. The molecular formula is C25H33NO. The van der Waals surface area contributed by atoms with Crippen LogP contribution < -0.4 is 4.74 Å². The average molecular weight is 364 g/mol. The van der Waals surface area contributed by atoms with E-state index in [0.29, 0.717) is 5.54 Å². The van der Waals surface area contributed by atoms with Crippen LogP contribution in [0.4, 0.5) is 0 Å². The van der Waals surface area contributed by atoms with E-state index in [1.165, 1.54) is 60.9 Å². The number of hydrogen-bond acceptors (Lipinski definition) is 2. The van der Waals surface area contributed by atoms with E-state index in [9.17, 15) is 0 Å². The van der Waals surface area contributed by atoms with E-state index < -0.39 is 0 Å². The zero-order valence-corrected chi connectivity index (χ0v) is 17.2. The van der Waals surface area contributed by atoms with Gasteiger partial charge in [0.05, 0.1) is 6.61 Å². The summed E-state index contributed by atoms with van der Waals surface area (Å²) < 4.78 is 6.22. The minimum Gasteiger partial charge on any atom is -0.493 e. The molecule has 0 N–H and O–H groups in total. The van der Waals surface area contributed by atoms with E-state index in [1.54, 1.807) is 5.56 Å². The summed E-state index contributed by atoms with van der Waals surface area (Å²) in [5.41, 5.74) is 7.47. The fraction of sp³-hybridized carbons (Fsp3) is 0.520. The Morgan fingerprint density at radius 3 is 2.63 bits per heavy atom. The number of hydrogen-bond donors (Lipinski definition) is 0. The Labute approximate surface area is 164 Å². The van der Waals surface area contributed by atoms with Gasteiger partial charge < -0.3 is 4.74 Å². The van der Waals surface area contributed by atoms with E-state index in [1.807, 2.05) is 0 Å². The molecule has 0 saturated carbocycles. The highest BCUT2D eigenvalue weighted by molar-refractivity contribution is 5.74. The maximum absolute atomic E-state index is 6.22. The van der Waals surface area contributed by atoms with Crippen LogP contribution in [0.5, 0.6) is 5.75 Å². The third-order valence-electron chi connectivity index (χ3n) is 6.62. The van der Waals surface area contributed by atoms with Crippen molar-refractivity contribution in [2.75, 3.05) is 19.7 Å². The lowest BCUT2D eigenvalue weighted by Gasteiger charge is -2.31. The van der Waals surface area contributed by atoms with Gasteiger partial charge >= 0.3 is 0 Å². The van der Waals surface area contributed by atoms with Gasteiger partial charge in [-0.3, -0.25) is 4.90 Å². The molecule has 0 amide bonds. The van der Waals surface area contributed by atoms with Gasteiger partial charge in [0, 0.05) is 12.1 Å². The molecule has 0 atom stereocenters. The molecule has 2 aromatic rings. The first-order valence-corrected chi connectivity index (χ1v) is 10.6. The lowest BCUT2D eigenvalue weighted by molar-refractivity contribution is 0.160. The number of nitrogens with zero attached hydrogens (tertiary/aromatic N) is 1. The van der Waals surface area contributed by atoms with Crippen molar-refractivity contribution in [2.24, 2.45) is 0 Å². The quantitative estimate of drug-likeness (QED) is 0.602. The van der Waals surface area contributed by atoms with Crippen LogP contribution in [0.25, 0.3) is 11.1 Å². The Kier molecular flexibility index (Phi) is 5.27. The highest BCUT2D eigenvalue weighted by atomic mass is 16.5. The number of ether oxygens (including phenoxy) is 1. The van der Waals surface area contributed by atoms with Crippen molar-refractivity contribution < 1.29 is 4.74 Å². The van der Waals surface area contributed by atoms with Crippen molar-refractivity contribution >= 4 is 0 Å². The normalized spacial score (nSPS) is 18.6. The van der Waals surface area contributed by atoms with E-state index >= 15 is 0 Å². The molecule has 4 rings (SSSR count). The van der Waals surface area contributed by atoms with Crippen LogP contribution in [-0.4, -0.2) is 30.1 Å². The minimum atomic E-state index is 0.365. The number of aryl methyl sites for hydroxylation is 1. The van der Waals surface area contributed by atoms with Gasteiger partial charge in [0.25, 0.3) is 0 Å². The molecule has 0 bridgehead atoms. The van der Waals surface area contributed by atoms with Gasteiger partial charge in [0.1, 0.15) is 5.75 Å². The summed E-state index contributed by atoms with van der Waals surface area (Å²) in [5, 5.41) is 0. The molecule has 144 valence electrons. The SMILES string of the molecule is Cc1c(OCCCN2CCCC2(C)C)cccc1-c1cccc2c1CCC2. The second-order valence-electron chi connectivity index (χ2n) is 8.83. The monoisotopic (exact) mass is 363 g/mol. The van der Waals surface area contributed by atoms with Crippen LogP contribution in [0.15, 0.2) is 36.4 Å². The molecule has 0 radical (unpaired) electrons. The molecular weight excluding hydrogens is 330 g/mol. The van der Waals surface area contributed by atoms with E-state index in [4.69, 9.17) is 4.74 Å². The molecule has 2 aromatic carbocycles. The number of fused-ring (bicyclic) bond motifs is 1. The topological polar surface area (TPSA) is 12.5 Å². The molecule has 2 aliphatic rings. The second kappa shape index (κ2) is 7.67. The van der Waals surface area contributed by atoms with E-state index in [2.05, 4.69) is 62.1 Å². The standard InChI is InChI=1S/C25H33NO/c1-19-21(23-13-5-10-20-9-4-12-22(20)23)11-6-14-24(19)27-18-8-17-26-16-7-15-25(26,2)3/h5-6,10-11,13-14H,4,7-9,12,15-18H2,1-3H3. The molecule has 0 unspecified atom stereocenters. The number of rotatable bonds is 6. The van der Waals surface area contributed by atoms with Gasteiger partial charge in [-0.15, -0.1) is 0 Å². The number of likely N-dealkylation sites (tertiary alicyclic amines) is 1. The Bertz CT molecular complexity index is 808. The largest absolute Gasteiger partial charge is 0.493 e. The Hall–Kier alpha value is -1.80. The molecule has 2 heteroatoms. The molecule has 0 spiro atoms. The van der Waals surface area contributed by atoms with Crippen LogP contribution in [0, 0.1) is 6.92 Å². The van der Waals surface area contributed by atoms with Crippen LogP contribution in [0.1, 0.15) is 56.2 Å². The highest BCUT2D eigenvalue weighted by Crippen LogP contribution is 2.36. The van der Waals surface area contributed by atoms with Crippen molar-refractivity contribution in [1.29, 1.82) is 0 Å². The van der Waals surface area contributed by atoms with Crippen molar-refractivity contribution in [3.8, 4) is 16.9 Å². The second-order valence-corrected chi connectivity index (χ2v) is 8.83. The smallest absolute Gasteiger partial charge is 0.122 e. The summed E-state index contributed by atoms with van der Waals surface area (Å²) in [4.78, 5) is 2.62. The van der Waals surface area contributed by atoms with Gasteiger partial charge in [-0.05, 0) is 99.7 Å². The molecule has 1 saturated heterocycles. The number of benzene rings is 2.